The summed E-state index contributed by atoms with van der Waals surface area (Å²) in [6.07, 6.45) is 27.8. The van der Waals surface area contributed by atoms with Gasteiger partial charge in [-0.2, -0.15) is 0 Å². The second-order valence-corrected chi connectivity index (χ2v) is 24.1. The number of aliphatic carboxylic acids is 1. The Kier molecular flexibility index (Phi) is 45.0. The zero-order valence-electron chi connectivity index (χ0n) is 51.2. The highest BCUT2D eigenvalue weighted by Gasteiger charge is 2.53. The highest BCUT2D eigenvalue weighted by atomic mass is 31.2. The molecule has 2 rings (SSSR count). The number of rotatable bonds is 55. The van der Waals surface area contributed by atoms with Gasteiger partial charge in [-0.05, 0) is 57.8 Å². The fraction of sp³-hybridized carbons (Fsp3) is 0.903. The van der Waals surface area contributed by atoms with Crippen LogP contribution >= 0.6 is 7.82 Å². The number of aliphatic hydroxyl groups excluding tert-OH is 2. The van der Waals surface area contributed by atoms with Gasteiger partial charge in [0.1, 0.15) is 48.4 Å². The summed E-state index contributed by atoms with van der Waals surface area (Å²) in [7, 11) is -5.26. The molecule has 2 amide bonds. The quantitative estimate of drug-likeness (QED) is 0.00980. The fourth-order valence-corrected chi connectivity index (χ4v) is 11.5. The van der Waals surface area contributed by atoms with E-state index in [4.69, 9.17) is 32.9 Å². The van der Waals surface area contributed by atoms with Crippen LogP contribution in [0, 0.1) is 0 Å². The number of unbranched alkanes of at least 4 members (excludes halogenated alkanes) is 27. The van der Waals surface area contributed by atoms with Crippen LogP contribution in [0.4, 0.5) is 0 Å². The molecule has 19 nitrogen and oxygen atoms in total. The van der Waals surface area contributed by atoms with Crippen molar-refractivity contribution in [1.29, 1.82) is 0 Å². The Morgan fingerprint density at radius 3 is 1.65 bits per heavy atom. The Balaban J connectivity index is 2.25. The summed E-state index contributed by atoms with van der Waals surface area (Å²) < 4.78 is 54.9. The SMILES string of the molecule is CCCCCC/C=C\CCCCCCOC(CCCCCCC)CCO[C@H]1[C@H](OP(=O)(O)O)[C@@H](CO)OC(OC[C@H]2O[C@H](C(=O)O)[C@H](NC(=O)CC(=O)CCCCCCCCCCC)[C@@H](OCCCCCCCCCC)[C@@H]2O)[C@@H]1NC=O. The first-order valence-electron chi connectivity index (χ1n) is 32.4. The number of phosphoric ester groups is 1. The molecule has 0 aromatic rings. The largest absolute Gasteiger partial charge is 0.479 e. The van der Waals surface area contributed by atoms with Crippen molar-refractivity contribution >= 4 is 31.9 Å². The van der Waals surface area contributed by atoms with Gasteiger partial charge in [-0.15, -0.1) is 0 Å². The van der Waals surface area contributed by atoms with Crippen molar-refractivity contribution in [2.75, 3.05) is 33.0 Å². The van der Waals surface area contributed by atoms with Gasteiger partial charge in [-0.1, -0.05) is 200 Å². The Bertz CT molecular complexity index is 1690. The predicted octanol–water partition coefficient (Wildman–Crippen LogP) is 11.4. The second kappa shape index (κ2) is 48.7. The van der Waals surface area contributed by atoms with Gasteiger partial charge in [0.25, 0.3) is 0 Å². The van der Waals surface area contributed by atoms with Gasteiger partial charge >= 0.3 is 13.8 Å². The van der Waals surface area contributed by atoms with Crippen LogP contribution in [0.15, 0.2) is 12.2 Å². The smallest absolute Gasteiger partial charge is 0.470 e. The van der Waals surface area contributed by atoms with Gasteiger partial charge in [0, 0.05) is 26.2 Å². The van der Waals surface area contributed by atoms with Crippen LogP contribution in [0.3, 0.4) is 0 Å². The second-order valence-electron chi connectivity index (χ2n) is 22.9. The minimum Gasteiger partial charge on any atom is -0.479 e. The van der Waals surface area contributed by atoms with E-state index in [2.05, 4.69) is 50.5 Å². The standard InChI is InChI=1S/C62H115N2O17P/c1-5-9-13-17-20-23-24-25-27-30-33-37-42-75-50(40-36-31-16-12-8-4)41-44-77-59-55(63-48-66)62(80-51(46-65)57(59)81-82(72,73)74)78-47-52-56(69)58(76-43-38-34-29-22-19-15-11-7-3)54(60(79-52)61(70)71)64-53(68)45-49(67)39-35-32-28-26-21-18-14-10-6-2/h23-24,48,50-52,54-60,62,65,69H,5-22,25-47H2,1-4H3,(H,63,66)(H,64,68)(H,70,71)(H2,72,73,74)/b24-23-/t50?,51-,52-,54-,55-,56-,57-,58-,59-,60+,62?/m1/s1. The number of Topliss-reactive ketones (excluding diaryl/α,β-unsaturated/α-hetero) is 1. The molecule has 2 saturated heterocycles. The van der Waals surface area contributed by atoms with Gasteiger partial charge < -0.3 is 64.2 Å². The first-order valence-corrected chi connectivity index (χ1v) is 34.0. The number of phosphoric acid groups is 1. The van der Waals surface area contributed by atoms with Crippen LogP contribution in [-0.4, -0.2) is 149 Å². The van der Waals surface area contributed by atoms with E-state index in [1.165, 1.54) is 57.8 Å². The zero-order valence-corrected chi connectivity index (χ0v) is 52.1. The molecule has 0 radical (unpaired) electrons. The number of carbonyl (C=O) groups excluding carboxylic acids is 3. The summed E-state index contributed by atoms with van der Waals surface area (Å²) in [5.74, 6) is -2.48. The number of carbonyl (C=O) groups is 4. The first-order chi connectivity index (χ1) is 39.7. The molecule has 2 unspecified atom stereocenters. The van der Waals surface area contributed by atoms with Crippen molar-refractivity contribution in [1.82, 2.24) is 10.6 Å². The van der Waals surface area contributed by atoms with Crippen molar-refractivity contribution in [3.8, 4) is 0 Å². The molecule has 0 aliphatic carbocycles. The van der Waals surface area contributed by atoms with Gasteiger partial charge in [0.05, 0.1) is 31.8 Å². The zero-order chi connectivity index (χ0) is 60.1. The maximum atomic E-state index is 13.5. The highest BCUT2D eigenvalue weighted by Crippen LogP contribution is 2.42. The molecule has 2 fully saturated rings. The number of ether oxygens (including phenoxy) is 6. The molecule has 7 N–H and O–H groups in total. The Morgan fingerprint density at radius 2 is 1.10 bits per heavy atom. The number of aliphatic hydroxyl groups is 2. The average molecular weight is 1190 g/mol. The number of nitrogens with one attached hydrogen (secondary N) is 2. The third-order valence-electron chi connectivity index (χ3n) is 15.7. The van der Waals surface area contributed by atoms with E-state index >= 15 is 0 Å². The molecule has 2 aliphatic heterocycles. The van der Waals surface area contributed by atoms with Crippen LogP contribution in [-0.2, 0) is 56.7 Å². The maximum Gasteiger partial charge on any atom is 0.470 e. The molecule has 0 spiro atoms. The lowest BCUT2D eigenvalue weighted by atomic mass is 9.92. The van der Waals surface area contributed by atoms with Crippen molar-refractivity contribution in [3.63, 3.8) is 0 Å². The minimum absolute atomic E-state index is 0.00141. The van der Waals surface area contributed by atoms with Gasteiger partial charge in [0.2, 0.25) is 12.3 Å². The highest BCUT2D eigenvalue weighted by molar-refractivity contribution is 7.46. The monoisotopic (exact) mass is 1190 g/mol. The van der Waals surface area contributed by atoms with E-state index in [-0.39, 0.29) is 31.5 Å². The molecule has 82 heavy (non-hydrogen) atoms. The van der Waals surface area contributed by atoms with Crippen LogP contribution in [0.25, 0.3) is 0 Å². The summed E-state index contributed by atoms with van der Waals surface area (Å²) in [5.41, 5.74) is 0. The number of ketones is 1. The molecule has 2 heterocycles. The number of amides is 2. The third-order valence-corrected chi connectivity index (χ3v) is 16.2. The molecule has 11 atom stereocenters. The third kappa shape index (κ3) is 34.7. The van der Waals surface area contributed by atoms with E-state index in [1.807, 2.05) is 0 Å². The number of carboxylic acid groups (broad SMARTS) is 1. The molecule has 480 valence electrons. The Labute approximate surface area is 493 Å². The normalized spacial score (nSPS) is 23.5. The molecule has 0 aromatic heterocycles. The topological polar surface area (TPSA) is 275 Å². The molecular weight excluding hydrogens is 1080 g/mol. The molecular formula is C62H115N2O17P. The molecule has 2 aliphatic rings. The number of allylic oxidation sites excluding steroid dienone is 2. The van der Waals surface area contributed by atoms with E-state index in [0.29, 0.717) is 32.3 Å². The summed E-state index contributed by atoms with van der Waals surface area (Å²) >= 11 is 0. The molecule has 0 bridgehead atoms. The van der Waals surface area contributed by atoms with Gasteiger partial charge in [-0.25, -0.2) is 9.36 Å². The van der Waals surface area contributed by atoms with Crippen molar-refractivity contribution in [2.24, 2.45) is 0 Å². The van der Waals surface area contributed by atoms with Gasteiger partial charge in [0.15, 0.2) is 12.4 Å². The summed E-state index contributed by atoms with van der Waals surface area (Å²) in [6, 6.07) is -2.74. The summed E-state index contributed by atoms with van der Waals surface area (Å²) in [5, 5.41) is 38.4. The lowest BCUT2D eigenvalue weighted by molar-refractivity contribution is -0.289. The Hall–Kier alpha value is -2.39. The number of carboxylic acids is 1. The molecule has 20 heteroatoms. The lowest BCUT2D eigenvalue weighted by Gasteiger charge is -2.46. The predicted molar refractivity (Wildman–Crippen MR) is 318 cm³/mol. The minimum atomic E-state index is -5.26. The summed E-state index contributed by atoms with van der Waals surface area (Å²) in [4.78, 5) is 71.9. The Morgan fingerprint density at radius 1 is 0.585 bits per heavy atom. The average Bonchev–Trinajstić information content (AvgIpc) is 3.21. The van der Waals surface area contributed by atoms with E-state index < -0.39 is 100 Å². The molecule has 0 aromatic carbocycles. The fourth-order valence-electron chi connectivity index (χ4n) is 10.9. The van der Waals surface area contributed by atoms with Crippen molar-refractivity contribution in [2.45, 2.75) is 326 Å². The van der Waals surface area contributed by atoms with E-state index in [9.17, 15) is 48.8 Å². The van der Waals surface area contributed by atoms with E-state index in [0.717, 1.165) is 141 Å². The first kappa shape index (κ1) is 75.7. The van der Waals surface area contributed by atoms with Crippen LogP contribution in [0.1, 0.15) is 259 Å². The summed E-state index contributed by atoms with van der Waals surface area (Å²) in [6.45, 7) is 8.00. The number of hydrogen-bond donors (Lipinski definition) is 7. The van der Waals surface area contributed by atoms with Crippen LogP contribution in [0.5, 0.6) is 0 Å². The maximum absolute atomic E-state index is 13.5. The lowest BCUT2D eigenvalue weighted by Crippen LogP contribution is -2.68. The van der Waals surface area contributed by atoms with Crippen LogP contribution < -0.4 is 10.6 Å². The van der Waals surface area contributed by atoms with E-state index in [1.54, 1.807) is 0 Å². The van der Waals surface area contributed by atoms with Crippen LogP contribution in [0.2, 0.25) is 0 Å². The number of hydrogen-bond acceptors (Lipinski definition) is 14. The van der Waals surface area contributed by atoms with Crippen molar-refractivity contribution < 1.29 is 81.8 Å². The molecule has 0 saturated carbocycles. The van der Waals surface area contributed by atoms with Crippen molar-refractivity contribution in [3.05, 3.63) is 12.2 Å². The van der Waals surface area contributed by atoms with Gasteiger partial charge in [-0.3, -0.25) is 18.9 Å².